The maximum atomic E-state index is 11.3. The van der Waals surface area contributed by atoms with Gasteiger partial charge in [0.15, 0.2) is 5.69 Å². The predicted molar refractivity (Wildman–Crippen MR) is 69.1 cm³/mol. The van der Waals surface area contributed by atoms with E-state index in [4.69, 9.17) is 4.74 Å². The molecule has 1 aromatic rings. The Labute approximate surface area is 111 Å². The Kier molecular flexibility index (Phi) is 5.05. The lowest BCUT2D eigenvalue weighted by atomic mass is 10.4. The molecule has 0 unspecified atom stereocenters. The first-order valence-corrected chi connectivity index (χ1v) is 6.24. The second-order valence-corrected chi connectivity index (χ2v) is 4.16. The molecule has 0 radical (unpaired) electrons. The molecule has 1 aliphatic heterocycles. The van der Waals surface area contributed by atoms with E-state index in [1.165, 1.54) is 13.3 Å². The molecule has 1 aromatic heterocycles. The largest absolute Gasteiger partial charge is 0.464 e. The zero-order valence-electron chi connectivity index (χ0n) is 11.0. The number of carbonyl (C=O) groups excluding carboxylic acids is 1. The lowest BCUT2D eigenvalue weighted by Crippen LogP contribution is -2.39. The van der Waals surface area contributed by atoms with Crippen LogP contribution in [0.1, 0.15) is 10.5 Å². The molecule has 0 bridgehead atoms. The van der Waals surface area contributed by atoms with Gasteiger partial charge in [-0.05, 0) is 0 Å². The van der Waals surface area contributed by atoms with Crippen molar-refractivity contribution >= 4 is 11.8 Å². The van der Waals surface area contributed by atoms with Crippen LogP contribution in [0, 0.1) is 0 Å². The second kappa shape index (κ2) is 7.01. The number of anilines is 1. The first kappa shape index (κ1) is 13.7. The van der Waals surface area contributed by atoms with Crippen LogP contribution in [0.4, 0.5) is 5.82 Å². The number of carbonyl (C=O) groups is 1. The summed E-state index contributed by atoms with van der Waals surface area (Å²) in [5.41, 5.74) is 0.207. The number of nitrogens with zero attached hydrogens (tertiary/aromatic N) is 3. The van der Waals surface area contributed by atoms with Crippen molar-refractivity contribution in [3.05, 3.63) is 18.1 Å². The molecule has 104 valence electrons. The van der Waals surface area contributed by atoms with Gasteiger partial charge in [-0.25, -0.2) is 9.78 Å². The van der Waals surface area contributed by atoms with E-state index in [1.807, 2.05) is 0 Å². The fourth-order valence-electron chi connectivity index (χ4n) is 1.82. The van der Waals surface area contributed by atoms with E-state index < -0.39 is 5.97 Å². The highest BCUT2D eigenvalue weighted by molar-refractivity contribution is 5.87. The lowest BCUT2D eigenvalue weighted by molar-refractivity contribution is 0.0398. The Morgan fingerprint density at radius 3 is 3.00 bits per heavy atom. The minimum Gasteiger partial charge on any atom is -0.464 e. The van der Waals surface area contributed by atoms with E-state index in [-0.39, 0.29) is 5.69 Å². The maximum absolute atomic E-state index is 11.3. The number of esters is 1. The quantitative estimate of drug-likeness (QED) is 0.752. The van der Waals surface area contributed by atoms with Crippen LogP contribution in [0.15, 0.2) is 12.4 Å². The third kappa shape index (κ3) is 4.15. The molecule has 19 heavy (non-hydrogen) atoms. The first-order valence-electron chi connectivity index (χ1n) is 6.24. The summed E-state index contributed by atoms with van der Waals surface area (Å²) in [6.45, 7) is 5.15. The minimum absolute atomic E-state index is 0.207. The number of hydrogen-bond donors (Lipinski definition) is 1. The maximum Gasteiger partial charge on any atom is 0.358 e. The topological polar surface area (TPSA) is 76.6 Å². The Morgan fingerprint density at radius 1 is 1.47 bits per heavy atom. The second-order valence-electron chi connectivity index (χ2n) is 4.16. The van der Waals surface area contributed by atoms with E-state index in [2.05, 4.69) is 24.9 Å². The average molecular weight is 266 g/mol. The number of methoxy groups -OCH3 is 1. The highest BCUT2D eigenvalue weighted by atomic mass is 16.5. The highest BCUT2D eigenvalue weighted by Gasteiger charge is 2.10. The van der Waals surface area contributed by atoms with Gasteiger partial charge in [-0.1, -0.05) is 0 Å². The van der Waals surface area contributed by atoms with Crippen molar-refractivity contribution in [3.8, 4) is 0 Å². The van der Waals surface area contributed by atoms with Gasteiger partial charge in [-0.15, -0.1) is 0 Å². The molecule has 1 N–H and O–H groups in total. The van der Waals surface area contributed by atoms with Crippen LogP contribution in [-0.2, 0) is 9.47 Å². The van der Waals surface area contributed by atoms with E-state index in [9.17, 15) is 4.79 Å². The summed E-state index contributed by atoms with van der Waals surface area (Å²) < 4.78 is 9.88. The van der Waals surface area contributed by atoms with Gasteiger partial charge in [0.2, 0.25) is 0 Å². The van der Waals surface area contributed by atoms with Crippen LogP contribution < -0.4 is 5.32 Å². The summed E-state index contributed by atoms with van der Waals surface area (Å²) in [5.74, 6) is 0.0977. The molecule has 0 atom stereocenters. The van der Waals surface area contributed by atoms with Crippen LogP contribution in [-0.4, -0.2) is 67.3 Å². The van der Waals surface area contributed by atoms with Gasteiger partial charge in [0.05, 0.1) is 32.7 Å². The molecule has 0 saturated carbocycles. The predicted octanol–water partition coefficient (Wildman–Crippen LogP) is 0.00730. The van der Waals surface area contributed by atoms with Crippen molar-refractivity contribution in [1.29, 1.82) is 0 Å². The summed E-state index contributed by atoms with van der Waals surface area (Å²) in [7, 11) is 1.32. The molecule has 1 fully saturated rings. The highest BCUT2D eigenvalue weighted by Crippen LogP contribution is 2.03. The van der Waals surface area contributed by atoms with Crippen molar-refractivity contribution in [3.63, 3.8) is 0 Å². The average Bonchev–Trinajstić information content (AvgIpc) is 2.48. The van der Waals surface area contributed by atoms with Crippen molar-refractivity contribution < 1.29 is 14.3 Å². The van der Waals surface area contributed by atoms with E-state index in [0.717, 1.165) is 39.4 Å². The number of morpholine rings is 1. The summed E-state index contributed by atoms with van der Waals surface area (Å²) >= 11 is 0. The zero-order valence-corrected chi connectivity index (χ0v) is 11.0. The zero-order chi connectivity index (χ0) is 13.5. The third-order valence-corrected chi connectivity index (χ3v) is 2.87. The summed E-state index contributed by atoms with van der Waals surface area (Å²) in [6.07, 6.45) is 2.98. The van der Waals surface area contributed by atoms with Crippen LogP contribution >= 0.6 is 0 Å². The third-order valence-electron chi connectivity index (χ3n) is 2.87. The number of rotatable bonds is 5. The summed E-state index contributed by atoms with van der Waals surface area (Å²) in [6, 6.07) is 0. The minimum atomic E-state index is -0.482. The Balaban J connectivity index is 1.80. The van der Waals surface area contributed by atoms with Crippen LogP contribution in [0.3, 0.4) is 0 Å². The monoisotopic (exact) mass is 266 g/mol. The Bertz CT molecular complexity index is 421. The number of nitrogens with one attached hydrogen (secondary N) is 1. The molecule has 2 rings (SSSR count). The van der Waals surface area contributed by atoms with Crippen LogP contribution in [0.2, 0.25) is 0 Å². The van der Waals surface area contributed by atoms with E-state index in [0.29, 0.717) is 5.82 Å². The molecule has 0 amide bonds. The van der Waals surface area contributed by atoms with E-state index in [1.54, 1.807) is 6.20 Å². The fourth-order valence-corrected chi connectivity index (χ4v) is 1.82. The number of aromatic nitrogens is 2. The van der Waals surface area contributed by atoms with Crippen LogP contribution in [0.5, 0.6) is 0 Å². The van der Waals surface area contributed by atoms with Crippen molar-refractivity contribution in [2.75, 3.05) is 51.8 Å². The van der Waals surface area contributed by atoms with Gasteiger partial charge < -0.3 is 14.8 Å². The van der Waals surface area contributed by atoms with Crippen molar-refractivity contribution in [2.45, 2.75) is 0 Å². The molecule has 2 heterocycles. The van der Waals surface area contributed by atoms with Gasteiger partial charge in [0, 0.05) is 26.2 Å². The molecular formula is C12H18N4O3. The van der Waals surface area contributed by atoms with Gasteiger partial charge in [-0.3, -0.25) is 9.88 Å². The fraction of sp³-hybridized carbons (Fsp3) is 0.583. The molecule has 1 aliphatic rings. The van der Waals surface area contributed by atoms with Crippen LogP contribution in [0.25, 0.3) is 0 Å². The Hall–Kier alpha value is -1.73. The SMILES string of the molecule is COC(=O)c1cncc(NCCN2CCOCC2)n1. The molecule has 1 saturated heterocycles. The molecule has 7 nitrogen and oxygen atoms in total. The normalized spacial score (nSPS) is 16.1. The standard InChI is InChI=1S/C12H18N4O3/c1-18-12(17)10-8-13-9-11(15-10)14-2-3-16-4-6-19-7-5-16/h8-9H,2-7H2,1H3,(H,14,15). The Morgan fingerprint density at radius 2 is 2.26 bits per heavy atom. The molecule has 7 heteroatoms. The lowest BCUT2D eigenvalue weighted by Gasteiger charge is -2.26. The number of hydrogen-bond acceptors (Lipinski definition) is 7. The van der Waals surface area contributed by atoms with Crippen molar-refractivity contribution in [2.24, 2.45) is 0 Å². The van der Waals surface area contributed by atoms with Crippen molar-refractivity contribution in [1.82, 2.24) is 14.9 Å². The first-order chi connectivity index (χ1) is 9.29. The summed E-state index contributed by atoms with van der Waals surface area (Å²) in [5, 5.41) is 3.15. The molecule has 0 aliphatic carbocycles. The molecule has 0 aromatic carbocycles. The smallest absolute Gasteiger partial charge is 0.358 e. The van der Waals surface area contributed by atoms with Gasteiger partial charge >= 0.3 is 5.97 Å². The van der Waals surface area contributed by atoms with Gasteiger partial charge in [0.25, 0.3) is 0 Å². The summed E-state index contributed by atoms with van der Waals surface area (Å²) in [4.78, 5) is 21.7. The van der Waals surface area contributed by atoms with Gasteiger partial charge in [-0.2, -0.15) is 0 Å². The molecular weight excluding hydrogens is 248 g/mol. The number of ether oxygens (including phenoxy) is 2. The van der Waals surface area contributed by atoms with E-state index >= 15 is 0 Å². The van der Waals surface area contributed by atoms with Gasteiger partial charge in [0.1, 0.15) is 5.82 Å². The molecule has 0 spiro atoms.